The molecule has 1 aliphatic heterocycles. The highest BCUT2D eigenvalue weighted by Crippen LogP contribution is 2.13. The highest BCUT2D eigenvalue weighted by molar-refractivity contribution is 6.18. The fraction of sp³-hybridized carbons (Fsp3) is 1.00. The zero-order chi connectivity index (χ0) is 11.1. The lowest BCUT2D eigenvalue weighted by Gasteiger charge is -2.32. The number of likely N-dealkylation sites (tertiary alicyclic amines) is 1. The van der Waals surface area contributed by atoms with E-state index < -0.39 is 6.10 Å². The Bertz CT molecular complexity index is 163. The molecule has 1 unspecified atom stereocenters. The second-order valence-corrected chi connectivity index (χ2v) is 4.21. The van der Waals surface area contributed by atoms with Crippen LogP contribution in [0, 0.1) is 0 Å². The van der Waals surface area contributed by atoms with Crippen LogP contribution in [0.2, 0.25) is 0 Å². The average Bonchev–Trinajstić information content (AvgIpc) is 2.28. The quantitative estimate of drug-likeness (QED) is 0.642. The number of hydrogen-bond donors (Lipinski definition) is 2. The first kappa shape index (κ1) is 13.2. The first-order chi connectivity index (χ1) is 7.26. The van der Waals surface area contributed by atoms with Crippen molar-refractivity contribution in [3.8, 4) is 0 Å². The van der Waals surface area contributed by atoms with Crippen LogP contribution in [0.5, 0.6) is 0 Å². The van der Waals surface area contributed by atoms with Gasteiger partial charge in [0.25, 0.3) is 0 Å². The number of rotatable bonds is 6. The van der Waals surface area contributed by atoms with Gasteiger partial charge < -0.3 is 19.8 Å². The van der Waals surface area contributed by atoms with E-state index in [1.54, 1.807) is 0 Å². The second-order valence-electron chi connectivity index (χ2n) is 3.90. The number of hydrogen-bond acceptors (Lipinski definition) is 4. The molecule has 2 N–H and O–H groups in total. The minimum atomic E-state index is -0.429. The molecule has 0 bridgehead atoms. The number of alkyl halides is 1. The first-order valence-corrected chi connectivity index (χ1v) is 5.98. The van der Waals surface area contributed by atoms with Gasteiger partial charge in [-0.05, 0) is 12.8 Å². The maximum Gasteiger partial charge on any atom is 0.0802 e. The molecule has 90 valence electrons. The van der Waals surface area contributed by atoms with Gasteiger partial charge in [-0.2, -0.15) is 0 Å². The van der Waals surface area contributed by atoms with E-state index in [0.717, 1.165) is 25.9 Å². The number of aliphatic hydroxyl groups excluding tert-OH is 2. The number of ether oxygens (including phenoxy) is 1. The van der Waals surface area contributed by atoms with E-state index in [1.165, 1.54) is 0 Å². The Kier molecular flexibility index (Phi) is 6.52. The third kappa shape index (κ3) is 5.13. The average molecular weight is 238 g/mol. The monoisotopic (exact) mass is 237 g/mol. The van der Waals surface area contributed by atoms with Crippen molar-refractivity contribution in [1.82, 2.24) is 4.90 Å². The maximum atomic E-state index is 9.38. The lowest BCUT2D eigenvalue weighted by atomic mass is 10.1. The standard InChI is InChI=1S/C10H20ClNO3/c11-7-9(14)8-12-3-1-10(2-4-12)15-6-5-13/h9-10,13-14H,1-8H2. The van der Waals surface area contributed by atoms with Crippen LogP contribution in [-0.2, 0) is 4.74 Å². The van der Waals surface area contributed by atoms with Gasteiger partial charge in [0.05, 0.1) is 25.4 Å². The van der Waals surface area contributed by atoms with Gasteiger partial charge in [-0.3, -0.25) is 0 Å². The van der Waals surface area contributed by atoms with E-state index in [-0.39, 0.29) is 12.7 Å². The molecule has 15 heavy (non-hydrogen) atoms. The summed E-state index contributed by atoms with van der Waals surface area (Å²) in [6.45, 7) is 3.03. The SMILES string of the molecule is OCCOC1CCN(CC(O)CCl)CC1. The fourth-order valence-corrected chi connectivity index (χ4v) is 1.92. The molecular formula is C10H20ClNO3. The Balaban J connectivity index is 2.12. The van der Waals surface area contributed by atoms with Gasteiger partial charge in [0.2, 0.25) is 0 Å². The van der Waals surface area contributed by atoms with Gasteiger partial charge in [0.15, 0.2) is 0 Å². The van der Waals surface area contributed by atoms with Crippen molar-refractivity contribution in [1.29, 1.82) is 0 Å². The number of aliphatic hydroxyl groups is 2. The number of β-amino-alcohol motifs (C(OH)–C–C–N with tert-alkyl or cyclic N) is 1. The lowest BCUT2D eigenvalue weighted by molar-refractivity contribution is -0.0134. The summed E-state index contributed by atoms with van der Waals surface area (Å²) in [6, 6.07) is 0. The molecule has 1 fully saturated rings. The third-order valence-corrected chi connectivity index (χ3v) is 2.98. The minimum Gasteiger partial charge on any atom is -0.394 e. The summed E-state index contributed by atoms with van der Waals surface area (Å²) in [5.74, 6) is 0.293. The molecule has 0 aromatic rings. The summed E-state index contributed by atoms with van der Waals surface area (Å²) in [6.07, 6.45) is 1.77. The van der Waals surface area contributed by atoms with Gasteiger partial charge in [-0.1, -0.05) is 0 Å². The van der Waals surface area contributed by atoms with Crippen LogP contribution in [0.15, 0.2) is 0 Å². The molecule has 1 aliphatic rings. The van der Waals surface area contributed by atoms with Crippen molar-refractivity contribution in [3.05, 3.63) is 0 Å². The summed E-state index contributed by atoms with van der Waals surface area (Å²) in [5.41, 5.74) is 0. The zero-order valence-electron chi connectivity index (χ0n) is 8.94. The number of piperidine rings is 1. The van der Waals surface area contributed by atoms with Gasteiger partial charge in [-0.15, -0.1) is 11.6 Å². The van der Waals surface area contributed by atoms with E-state index in [2.05, 4.69) is 4.90 Å². The smallest absolute Gasteiger partial charge is 0.0802 e. The van der Waals surface area contributed by atoms with Crippen molar-refractivity contribution in [2.24, 2.45) is 0 Å². The summed E-state index contributed by atoms with van der Waals surface area (Å²) < 4.78 is 5.45. The van der Waals surface area contributed by atoms with Crippen molar-refractivity contribution >= 4 is 11.6 Å². The summed E-state index contributed by atoms with van der Waals surface area (Å²) >= 11 is 5.54. The van der Waals surface area contributed by atoms with Crippen molar-refractivity contribution < 1.29 is 14.9 Å². The van der Waals surface area contributed by atoms with E-state index in [4.69, 9.17) is 21.4 Å². The first-order valence-electron chi connectivity index (χ1n) is 5.45. The molecule has 0 aromatic carbocycles. The molecule has 5 heteroatoms. The molecule has 0 saturated carbocycles. The molecule has 0 aliphatic carbocycles. The van der Waals surface area contributed by atoms with Crippen LogP contribution in [0.1, 0.15) is 12.8 Å². The second kappa shape index (κ2) is 7.41. The van der Waals surface area contributed by atoms with Crippen LogP contribution in [0.25, 0.3) is 0 Å². The summed E-state index contributed by atoms with van der Waals surface area (Å²) in [4.78, 5) is 2.20. The van der Waals surface area contributed by atoms with Crippen LogP contribution in [0.3, 0.4) is 0 Å². The summed E-state index contributed by atoms with van der Waals surface area (Å²) in [7, 11) is 0. The van der Waals surface area contributed by atoms with E-state index in [9.17, 15) is 5.11 Å². The minimum absolute atomic E-state index is 0.0885. The molecule has 0 aromatic heterocycles. The van der Waals surface area contributed by atoms with Crippen molar-refractivity contribution in [2.75, 3.05) is 38.7 Å². The van der Waals surface area contributed by atoms with Crippen LogP contribution >= 0.6 is 11.6 Å². The predicted octanol–water partition coefficient (Wildman–Crippen LogP) is 0.0594. The molecule has 1 rings (SSSR count). The maximum absolute atomic E-state index is 9.38. The lowest BCUT2D eigenvalue weighted by Crippen LogP contribution is -2.41. The third-order valence-electron chi connectivity index (χ3n) is 2.63. The van der Waals surface area contributed by atoms with Gasteiger partial charge in [0.1, 0.15) is 0 Å². The Morgan fingerprint density at radius 3 is 2.60 bits per heavy atom. The fourth-order valence-electron chi connectivity index (χ4n) is 1.82. The van der Waals surface area contributed by atoms with E-state index in [0.29, 0.717) is 19.0 Å². The molecule has 4 nitrogen and oxygen atoms in total. The van der Waals surface area contributed by atoms with Gasteiger partial charge in [0, 0.05) is 25.5 Å². The Hall–Kier alpha value is 0.130. The van der Waals surface area contributed by atoms with Crippen LogP contribution < -0.4 is 0 Å². The molecule has 0 spiro atoms. The summed E-state index contributed by atoms with van der Waals surface area (Å²) in [5, 5.41) is 18.0. The number of nitrogens with zero attached hydrogens (tertiary/aromatic N) is 1. The highest BCUT2D eigenvalue weighted by atomic mass is 35.5. The van der Waals surface area contributed by atoms with Crippen molar-refractivity contribution in [2.45, 2.75) is 25.0 Å². The van der Waals surface area contributed by atoms with Crippen LogP contribution in [-0.4, -0.2) is 66.0 Å². The van der Waals surface area contributed by atoms with Gasteiger partial charge >= 0.3 is 0 Å². The normalized spacial score (nSPS) is 21.8. The van der Waals surface area contributed by atoms with Gasteiger partial charge in [-0.25, -0.2) is 0 Å². The largest absolute Gasteiger partial charge is 0.394 e. The topological polar surface area (TPSA) is 52.9 Å². The predicted molar refractivity (Wildman–Crippen MR) is 59.2 cm³/mol. The molecule has 0 amide bonds. The number of halogens is 1. The van der Waals surface area contributed by atoms with Crippen LogP contribution in [0.4, 0.5) is 0 Å². The molecule has 1 atom stereocenters. The zero-order valence-corrected chi connectivity index (χ0v) is 9.70. The van der Waals surface area contributed by atoms with Crippen molar-refractivity contribution in [3.63, 3.8) is 0 Å². The molecular weight excluding hydrogens is 218 g/mol. The Morgan fingerprint density at radius 2 is 2.07 bits per heavy atom. The molecule has 0 radical (unpaired) electrons. The van der Waals surface area contributed by atoms with E-state index >= 15 is 0 Å². The Morgan fingerprint density at radius 1 is 1.40 bits per heavy atom. The highest BCUT2D eigenvalue weighted by Gasteiger charge is 2.20. The molecule has 1 heterocycles. The molecule has 1 saturated heterocycles. The van der Waals surface area contributed by atoms with E-state index in [1.807, 2.05) is 0 Å². The Labute approximate surface area is 95.8 Å².